The first-order valence-corrected chi connectivity index (χ1v) is 6.21. The molecular formula is C13H19N3O2. The lowest BCUT2D eigenvalue weighted by Gasteiger charge is -2.23. The maximum absolute atomic E-state index is 11.0. The third-order valence-electron chi connectivity index (χ3n) is 3.13. The van der Waals surface area contributed by atoms with Crippen LogP contribution in [0.25, 0.3) is 0 Å². The van der Waals surface area contributed by atoms with Crippen LogP contribution in [0.4, 0.5) is 11.4 Å². The summed E-state index contributed by atoms with van der Waals surface area (Å²) in [4.78, 5) is 11.0. The van der Waals surface area contributed by atoms with Gasteiger partial charge in [-0.05, 0) is 37.5 Å². The standard InChI is InChI=1S/C13H19N3O2/c14-11-7-9(13(15)17)4-5-12(11)16-8-10-3-1-2-6-18-10/h4-5,7,10,16H,1-3,6,8,14H2,(H2,15,17). The largest absolute Gasteiger partial charge is 0.397 e. The van der Waals surface area contributed by atoms with Gasteiger partial charge in [0.2, 0.25) is 5.91 Å². The van der Waals surface area contributed by atoms with Gasteiger partial charge in [0.15, 0.2) is 0 Å². The van der Waals surface area contributed by atoms with Crippen LogP contribution in [-0.2, 0) is 4.74 Å². The average molecular weight is 249 g/mol. The third kappa shape index (κ3) is 3.13. The molecule has 1 aromatic rings. The number of hydrogen-bond donors (Lipinski definition) is 3. The summed E-state index contributed by atoms with van der Waals surface area (Å²) >= 11 is 0. The minimum Gasteiger partial charge on any atom is -0.397 e. The van der Waals surface area contributed by atoms with Crippen molar-refractivity contribution in [3.63, 3.8) is 0 Å². The first kappa shape index (κ1) is 12.7. The molecule has 1 aromatic carbocycles. The van der Waals surface area contributed by atoms with Gasteiger partial charge in [0.25, 0.3) is 0 Å². The number of nitrogens with one attached hydrogen (secondary N) is 1. The zero-order valence-corrected chi connectivity index (χ0v) is 10.3. The van der Waals surface area contributed by atoms with Crippen LogP contribution in [0.5, 0.6) is 0 Å². The van der Waals surface area contributed by atoms with Gasteiger partial charge in [-0.25, -0.2) is 0 Å². The number of nitrogen functional groups attached to an aromatic ring is 1. The highest BCUT2D eigenvalue weighted by molar-refractivity contribution is 5.94. The first-order valence-electron chi connectivity index (χ1n) is 6.21. The molecule has 0 aliphatic carbocycles. The normalized spacial score (nSPS) is 19.4. The fourth-order valence-electron chi connectivity index (χ4n) is 2.07. The number of carbonyl (C=O) groups excluding carboxylic acids is 1. The van der Waals surface area contributed by atoms with Crippen molar-refractivity contribution in [2.24, 2.45) is 5.73 Å². The van der Waals surface area contributed by atoms with Gasteiger partial charge < -0.3 is 21.5 Å². The number of benzene rings is 1. The Balaban J connectivity index is 1.94. The summed E-state index contributed by atoms with van der Waals surface area (Å²) in [6.45, 7) is 1.57. The van der Waals surface area contributed by atoms with Crippen molar-refractivity contribution in [3.8, 4) is 0 Å². The fraction of sp³-hybridized carbons (Fsp3) is 0.462. The molecule has 0 spiro atoms. The third-order valence-corrected chi connectivity index (χ3v) is 3.13. The second-order valence-electron chi connectivity index (χ2n) is 4.54. The lowest BCUT2D eigenvalue weighted by molar-refractivity contribution is 0.0248. The molecule has 2 rings (SSSR count). The number of nitrogens with two attached hydrogens (primary N) is 2. The van der Waals surface area contributed by atoms with Gasteiger partial charge in [-0.1, -0.05) is 0 Å². The summed E-state index contributed by atoms with van der Waals surface area (Å²) in [7, 11) is 0. The van der Waals surface area contributed by atoms with E-state index in [2.05, 4.69) is 5.32 Å². The molecule has 1 atom stereocenters. The lowest BCUT2D eigenvalue weighted by atomic mass is 10.1. The van der Waals surface area contributed by atoms with E-state index in [4.69, 9.17) is 16.2 Å². The number of amides is 1. The molecule has 1 amide bonds. The van der Waals surface area contributed by atoms with Gasteiger partial charge in [0, 0.05) is 18.7 Å². The Hall–Kier alpha value is -1.75. The van der Waals surface area contributed by atoms with Crippen molar-refractivity contribution in [2.75, 3.05) is 24.2 Å². The van der Waals surface area contributed by atoms with E-state index in [1.807, 2.05) is 0 Å². The second kappa shape index (κ2) is 5.73. The molecule has 1 fully saturated rings. The van der Waals surface area contributed by atoms with Crippen molar-refractivity contribution in [1.29, 1.82) is 0 Å². The maximum atomic E-state index is 11.0. The molecule has 1 aliphatic rings. The summed E-state index contributed by atoms with van der Waals surface area (Å²) in [6.07, 6.45) is 3.68. The topological polar surface area (TPSA) is 90.4 Å². The Morgan fingerprint density at radius 1 is 1.44 bits per heavy atom. The van der Waals surface area contributed by atoms with E-state index in [-0.39, 0.29) is 6.10 Å². The number of hydrogen-bond acceptors (Lipinski definition) is 4. The van der Waals surface area contributed by atoms with Crippen molar-refractivity contribution in [1.82, 2.24) is 0 Å². The number of anilines is 2. The maximum Gasteiger partial charge on any atom is 0.248 e. The molecule has 5 nitrogen and oxygen atoms in total. The van der Waals surface area contributed by atoms with Gasteiger partial charge in [-0.3, -0.25) is 4.79 Å². The van der Waals surface area contributed by atoms with E-state index in [1.54, 1.807) is 18.2 Å². The van der Waals surface area contributed by atoms with E-state index in [9.17, 15) is 4.79 Å². The number of carbonyl (C=O) groups is 1. The molecule has 18 heavy (non-hydrogen) atoms. The highest BCUT2D eigenvalue weighted by Crippen LogP contribution is 2.21. The van der Waals surface area contributed by atoms with Crippen LogP contribution in [-0.4, -0.2) is 25.2 Å². The molecule has 1 saturated heterocycles. The Morgan fingerprint density at radius 3 is 2.89 bits per heavy atom. The zero-order valence-electron chi connectivity index (χ0n) is 10.3. The molecule has 0 radical (unpaired) electrons. The van der Waals surface area contributed by atoms with E-state index in [0.29, 0.717) is 11.3 Å². The molecule has 0 aromatic heterocycles. The van der Waals surface area contributed by atoms with Gasteiger partial charge in [-0.2, -0.15) is 0 Å². The summed E-state index contributed by atoms with van der Waals surface area (Å²) in [5, 5.41) is 3.25. The van der Waals surface area contributed by atoms with E-state index >= 15 is 0 Å². The van der Waals surface area contributed by atoms with Crippen molar-refractivity contribution in [3.05, 3.63) is 23.8 Å². The van der Waals surface area contributed by atoms with E-state index in [0.717, 1.165) is 31.7 Å². The van der Waals surface area contributed by atoms with Crippen LogP contribution in [0.1, 0.15) is 29.6 Å². The fourth-order valence-corrected chi connectivity index (χ4v) is 2.07. The molecule has 1 heterocycles. The van der Waals surface area contributed by atoms with Crippen LogP contribution in [0.15, 0.2) is 18.2 Å². The Morgan fingerprint density at radius 2 is 2.28 bits per heavy atom. The van der Waals surface area contributed by atoms with Gasteiger partial charge in [0.05, 0.1) is 17.5 Å². The van der Waals surface area contributed by atoms with Crippen molar-refractivity contribution >= 4 is 17.3 Å². The first-order chi connectivity index (χ1) is 8.66. The molecule has 0 saturated carbocycles. The Bertz CT molecular complexity index is 428. The molecule has 5 heteroatoms. The highest BCUT2D eigenvalue weighted by Gasteiger charge is 2.14. The number of primary amides is 1. The minimum atomic E-state index is -0.469. The van der Waals surface area contributed by atoms with Crippen LogP contribution >= 0.6 is 0 Å². The van der Waals surface area contributed by atoms with Crippen LogP contribution in [0, 0.1) is 0 Å². The molecule has 0 bridgehead atoms. The lowest BCUT2D eigenvalue weighted by Crippen LogP contribution is -2.27. The smallest absolute Gasteiger partial charge is 0.248 e. The minimum absolute atomic E-state index is 0.244. The van der Waals surface area contributed by atoms with E-state index < -0.39 is 5.91 Å². The molecule has 5 N–H and O–H groups in total. The summed E-state index contributed by atoms with van der Waals surface area (Å²) in [6, 6.07) is 5.04. The van der Waals surface area contributed by atoms with Crippen molar-refractivity contribution in [2.45, 2.75) is 25.4 Å². The van der Waals surface area contributed by atoms with Crippen LogP contribution in [0.2, 0.25) is 0 Å². The molecule has 98 valence electrons. The molecule has 1 aliphatic heterocycles. The van der Waals surface area contributed by atoms with Crippen LogP contribution < -0.4 is 16.8 Å². The molecular weight excluding hydrogens is 230 g/mol. The Kier molecular flexibility index (Phi) is 4.04. The second-order valence-corrected chi connectivity index (χ2v) is 4.54. The summed E-state index contributed by atoms with van der Waals surface area (Å²) in [5.74, 6) is -0.469. The van der Waals surface area contributed by atoms with E-state index in [1.165, 1.54) is 6.42 Å². The quantitative estimate of drug-likeness (QED) is 0.702. The van der Waals surface area contributed by atoms with Gasteiger partial charge in [0.1, 0.15) is 0 Å². The monoisotopic (exact) mass is 249 g/mol. The summed E-state index contributed by atoms with van der Waals surface area (Å²) in [5.41, 5.74) is 12.8. The van der Waals surface area contributed by atoms with Gasteiger partial charge in [-0.15, -0.1) is 0 Å². The van der Waals surface area contributed by atoms with Gasteiger partial charge >= 0.3 is 0 Å². The predicted octanol–water partition coefficient (Wildman–Crippen LogP) is 1.35. The number of ether oxygens (including phenoxy) is 1. The predicted molar refractivity (Wildman–Crippen MR) is 71.5 cm³/mol. The highest BCUT2D eigenvalue weighted by atomic mass is 16.5. The number of rotatable bonds is 4. The summed E-state index contributed by atoms with van der Waals surface area (Å²) < 4.78 is 5.62. The Labute approximate surface area is 106 Å². The zero-order chi connectivity index (χ0) is 13.0. The molecule has 1 unspecified atom stereocenters. The SMILES string of the molecule is NC(=O)c1ccc(NCC2CCCCO2)c(N)c1. The van der Waals surface area contributed by atoms with Crippen molar-refractivity contribution < 1.29 is 9.53 Å². The van der Waals surface area contributed by atoms with Crippen LogP contribution in [0.3, 0.4) is 0 Å². The average Bonchev–Trinajstić information content (AvgIpc) is 2.38.